The van der Waals surface area contributed by atoms with Gasteiger partial charge in [0, 0.05) is 19.3 Å². The molecule has 0 aliphatic heterocycles. The second kappa shape index (κ2) is 35.9. The minimum absolute atomic E-state index is 0.0133. The molecule has 0 heterocycles. The Bertz CT molecular complexity index is 990. The van der Waals surface area contributed by atoms with Crippen LogP contribution in [0.1, 0.15) is 200 Å². The van der Waals surface area contributed by atoms with Gasteiger partial charge in [0.2, 0.25) is 0 Å². The van der Waals surface area contributed by atoms with Crippen LogP contribution in [0.3, 0.4) is 0 Å². The van der Waals surface area contributed by atoms with E-state index in [1.807, 2.05) is 21.1 Å². The number of likely N-dealkylation sites (N-methyl/N-ethyl adjacent to an activating group) is 1. The normalized spacial score (nSPS) is 13.5. The van der Waals surface area contributed by atoms with Crippen LogP contribution in [0, 0.1) is 0 Å². The molecule has 318 valence electrons. The number of phosphoric ester groups is 1. The molecule has 9 nitrogen and oxygen atoms in total. The maximum atomic E-state index is 12.8. The van der Waals surface area contributed by atoms with Gasteiger partial charge in [-0.05, 0) is 64.2 Å². The van der Waals surface area contributed by atoms with Gasteiger partial charge >= 0.3 is 19.8 Å². The number of carbonyl (C=O) groups excluding carboxylic acids is 2. The first-order chi connectivity index (χ1) is 25.9. The highest BCUT2D eigenvalue weighted by Gasteiger charge is 2.31. The molecule has 0 saturated carbocycles. The Morgan fingerprint density at radius 1 is 0.556 bits per heavy atom. The second-order valence-corrected chi connectivity index (χ2v) is 17.6. The van der Waals surface area contributed by atoms with E-state index < -0.39 is 26.0 Å². The summed E-state index contributed by atoms with van der Waals surface area (Å²) in [6.45, 7) is 4.60. The van der Waals surface area contributed by atoms with Gasteiger partial charge in [-0.25, -0.2) is 4.57 Å². The topological polar surface area (TPSA) is 119 Å². The van der Waals surface area contributed by atoms with Gasteiger partial charge in [-0.15, -0.1) is 0 Å². The van der Waals surface area contributed by atoms with E-state index in [1.165, 1.54) is 89.9 Å². The number of quaternary nitrogens is 1. The molecule has 0 radical (unpaired) electrons. The molecule has 10 heteroatoms. The standard InChI is InChI=1S/C44H84NO8P/c1-6-8-10-12-14-16-18-20-22-24-26-28-30-32-34-36-43(46)51-40-42(38-41(39-45(3,4)5)53-54(48,49)50)52-44(47)37-35-33-31-29-27-25-23-21-19-17-15-13-11-9-7-2/h20-23,41-42H,6-19,24-40H2,1-5H3,(H-,48,49,50)/p+1/b22-20-,23-21-/t41?,42-/m1/s1. The monoisotopic (exact) mass is 787 g/mol. The summed E-state index contributed by atoms with van der Waals surface area (Å²) >= 11 is 0. The molecule has 54 heavy (non-hydrogen) atoms. The zero-order valence-corrected chi connectivity index (χ0v) is 36.5. The van der Waals surface area contributed by atoms with Crippen molar-refractivity contribution in [2.75, 3.05) is 34.3 Å². The molecule has 0 amide bonds. The van der Waals surface area contributed by atoms with Crippen molar-refractivity contribution < 1.29 is 42.4 Å². The second-order valence-electron chi connectivity index (χ2n) is 16.4. The maximum absolute atomic E-state index is 12.8. The van der Waals surface area contributed by atoms with Crippen LogP contribution in [0.5, 0.6) is 0 Å². The molecule has 0 saturated heterocycles. The first kappa shape index (κ1) is 52.5. The average molecular weight is 787 g/mol. The van der Waals surface area contributed by atoms with E-state index >= 15 is 0 Å². The third-order valence-electron chi connectivity index (χ3n) is 9.58. The van der Waals surface area contributed by atoms with Crippen LogP contribution in [-0.4, -0.2) is 72.7 Å². The first-order valence-corrected chi connectivity index (χ1v) is 23.6. The molecule has 0 aliphatic carbocycles. The fourth-order valence-corrected chi connectivity index (χ4v) is 7.12. The number of nitrogens with zero attached hydrogens (tertiary/aromatic N) is 1. The molecule has 2 N–H and O–H groups in total. The molecule has 0 rings (SSSR count). The Labute approximate surface area is 332 Å². The summed E-state index contributed by atoms with van der Waals surface area (Å²) in [5.74, 6) is -0.754. The highest BCUT2D eigenvalue weighted by Crippen LogP contribution is 2.39. The van der Waals surface area contributed by atoms with Crippen molar-refractivity contribution in [3.8, 4) is 0 Å². The van der Waals surface area contributed by atoms with Crippen molar-refractivity contribution in [2.45, 2.75) is 212 Å². The minimum atomic E-state index is -4.79. The van der Waals surface area contributed by atoms with Crippen molar-refractivity contribution >= 4 is 19.8 Å². The highest BCUT2D eigenvalue weighted by atomic mass is 31.2. The SMILES string of the molecule is CCCCCCCC/C=C\CCCCCCCC(=O)OC[C@@H](CC(C[N+](C)(C)C)OP(=O)(O)O)OC(=O)CCCCCCC/C=C\CCCCCCCC. The van der Waals surface area contributed by atoms with Gasteiger partial charge in [-0.3, -0.25) is 14.1 Å². The molecule has 0 spiro atoms. The predicted molar refractivity (Wildman–Crippen MR) is 224 cm³/mol. The predicted octanol–water partition coefficient (Wildman–Crippen LogP) is 12.1. The fraction of sp³-hybridized carbons (Fsp3) is 0.864. The number of rotatable bonds is 39. The number of allylic oxidation sites excluding steroid dienone is 4. The Balaban J connectivity index is 4.53. The van der Waals surface area contributed by atoms with E-state index in [1.54, 1.807) is 0 Å². The molecular weight excluding hydrogens is 701 g/mol. The van der Waals surface area contributed by atoms with Gasteiger partial charge in [0.05, 0.1) is 21.1 Å². The van der Waals surface area contributed by atoms with E-state index in [0.29, 0.717) is 10.9 Å². The largest absolute Gasteiger partial charge is 0.470 e. The molecule has 0 aliphatic rings. The lowest BCUT2D eigenvalue weighted by Gasteiger charge is -2.31. The van der Waals surface area contributed by atoms with Gasteiger partial charge in [0.25, 0.3) is 0 Å². The van der Waals surface area contributed by atoms with Crippen LogP contribution >= 0.6 is 7.82 Å². The van der Waals surface area contributed by atoms with Crippen molar-refractivity contribution in [1.29, 1.82) is 0 Å². The van der Waals surface area contributed by atoms with Crippen LogP contribution in [0.25, 0.3) is 0 Å². The molecule has 1 unspecified atom stereocenters. The molecular formula is C44H85NO8P+. The van der Waals surface area contributed by atoms with E-state index in [0.717, 1.165) is 70.6 Å². The summed E-state index contributed by atoms with van der Waals surface area (Å²) in [5, 5.41) is 0. The smallest absolute Gasteiger partial charge is 0.462 e. The third-order valence-corrected chi connectivity index (χ3v) is 10.2. The molecule has 2 atom stereocenters. The summed E-state index contributed by atoms with van der Waals surface area (Å²) < 4.78 is 28.5. The van der Waals surface area contributed by atoms with Crippen molar-refractivity contribution in [1.82, 2.24) is 0 Å². The van der Waals surface area contributed by atoms with E-state index in [4.69, 9.17) is 14.0 Å². The van der Waals surface area contributed by atoms with Gasteiger partial charge in [0.15, 0.2) is 0 Å². The lowest BCUT2D eigenvalue weighted by atomic mass is 10.1. The average Bonchev–Trinajstić information content (AvgIpc) is 3.09. The summed E-state index contributed by atoms with van der Waals surface area (Å²) in [6, 6.07) is 0. The molecule has 0 aromatic carbocycles. The van der Waals surface area contributed by atoms with Crippen molar-refractivity contribution in [3.05, 3.63) is 24.3 Å². The number of esters is 2. The highest BCUT2D eigenvalue weighted by molar-refractivity contribution is 7.46. The number of unbranched alkanes of at least 4 members (excludes halogenated alkanes) is 22. The van der Waals surface area contributed by atoms with Crippen molar-refractivity contribution in [3.63, 3.8) is 0 Å². The van der Waals surface area contributed by atoms with Gasteiger partial charge < -0.3 is 23.7 Å². The lowest BCUT2D eigenvalue weighted by Crippen LogP contribution is -2.44. The third kappa shape index (κ3) is 40.2. The zero-order chi connectivity index (χ0) is 40.2. The number of phosphoric acid groups is 1. The Morgan fingerprint density at radius 3 is 1.31 bits per heavy atom. The minimum Gasteiger partial charge on any atom is -0.462 e. The number of carbonyl (C=O) groups is 2. The lowest BCUT2D eigenvalue weighted by molar-refractivity contribution is -0.873. The number of ether oxygens (including phenoxy) is 2. The van der Waals surface area contributed by atoms with Gasteiger partial charge in [0.1, 0.15) is 25.4 Å². The number of hydrogen-bond acceptors (Lipinski definition) is 6. The van der Waals surface area contributed by atoms with E-state index in [9.17, 15) is 23.9 Å². The van der Waals surface area contributed by atoms with Gasteiger partial charge in [-0.1, -0.05) is 141 Å². The van der Waals surface area contributed by atoms with Crippen LogP contribution in [0.15, 0.2) is 24.3 Å². The van der Waals surface area contributed by atoms with E-state index in [-0.39, 0.29) is 38.4 Å². The summed E-state index contributed by atoms with van der Waals surface area (Å²) in [5.41, 5.74) is 0. The molecule has 0 aromatic rings. The molecule has 0 aromatic heterocycles. The first-order valence-electron chi connectivity index (χ1n) is 22.1. The zero-order valence-electron chi connectivity index (χ0n) is 35.6. The molecule has 0 fully saturated rings. The Hall–Kier alpha value is -1.51. The van der Waals surface area contributed by atoms with E-state index in [2.05, 4.69) is 38.2 Å². The number of hydrogen-bond donors (Lipinski definition) is 2. The van der Waals surface area contributed by atoms with Crippen molar-refractivity contribution in [2.24, 2.45) is 0 Å². The Kier molecular flexibility index (Phi) is 34.9. The Morgan fingerprint density at radius 2 is 0.926 bits per heavy atom. The van der Waals surface area contributed by atoms with Crippen LogP contribution in [0.2, 0.25) is 0 Å². The van der Waals surface area contributed by atoms with Crippen LogP contribution in [-0.2, 0) is 28.2 Å². The van der Waals surface area contributed by atoms with Gasteiger partial charge in [-0.2, -0.15) is 0 Å². The summed E-state index contributed by atoms with van der Waals surface area (Å²) in [7, 11) is 0.871. The maximum Gasteiger partial charge on any atom is 0.470 e. The molecule has 0 bridgehead atoms. The van der Waals surface area contributed by atoms with Crippen LogP contribution < -0.4 is 0 Å². The summed E-state index contributed by atoms with van der Waals surface area (Å²) in [4.78, 5) is 44.5. The fourth-order valence-electron chi connectivity index (χ4n) is 6.58. The summed E-state index contributed by atoms with van der Waals surface area (Å²) in [6.07, 6.45) is 38.6. The van der Waals surface area contributed by atoms with Crippen LogP contribution in [0.4, 0.5) is 0 Å². The quantitative estimate of drug-likeness (QED) is 0.0208.